The lowest BCUT2D eigenvalue weighted by molar-refractivity contribution is -0.384. The third-order valence-corrected chi connectivity index (χ3v) is 1.88. The van der Waals surface area contributed by atoms with Gasteiger partial charge in [0.1, 0.15) is 12.4 Å². The van der Waals surface area contributed by atoms with E-state index < -0.39 is 4.92 Å². The highest BCUT2D eigenvalue weighted by Crippen LogP contribution is 2.22. The van der Waals surface area contributed by atoms with Crippen molar-refractivity contribution in [2.45, 2.75) is 0 Å². The maximum atomic E-state index is 10.7. The van der Waals surface area contributed by atoms with Crippen LogP contribution >= 0.6 is 0 Å². The number of aldehydes is 1. The Morgan fingerprint density at radius 3 is 2.75 bits per heavy atom. The average Bonchev–Trinajstić information content (AvgIpc) is 2.29. The minimum atomic E-state index is -0.564. The van der Waals surface area contributed by atoms with Gasteiger partial charge in [0, 0.05) is 19.2 Å². The van der Waals surface area contributed by atoms with E-state index in [4.69, 9.17) is 9.47 Å². The summed E-state index contributed by atoms with van der Waals surface area (Å²) in [6.45, 7) is 0.671. The van der Waals surface area contributed by atoms with Gasteiger partial charge in [0.05, 0.1) is 17.1 Å². The second-order valence-corrected chi connectivity index (χ2v) is 2.94. The molecule has 1 rings (SSSR count). The highest BCUT2D eigenvalue weighted by atomic mass is 16.6. The molecule has 0 saturated carbocycles. The number of benzene rings is 1. The molecule has 6 nitrogen and oxygen atoms in total. The summed E-state index contributed by atoms with van der Waals surface area (Å²) in [4.78, 5) is 20.6. The fourth-order valence-corrected chi connectivity index (χ4v) is 1.11. The molecule has 0 spiro atoms. The summed E-state index contributed by atoms with van der Waals surface area (Å²) in [5, 5.41) is 10.5. The molecule has 6 heteroatoms. The Morgan fingerprint density at radius 1 is 1.44 bits per heavy atom. The molecule has 0 amide bonds. The SMILES string of the molecule is COCCOc1ccc([N+](=O)[O-])cc1C=O. The third kappa shape index (κ3) is 3.03. The maximum Gasteiger partial charge on any atom is 0.270 e. The number of rotatable bonds is 6. The van der Waals surface area contributed by atoms with Crippen LogP contribution in [0, 0.1) is 10.1 Å². The van der Waals surface area contributed by atoms with E-state index in [2.05, 4.69) is 0 Å². The zero-order valence-corrected chi connectivity index (χ0v) is 8.71. The van der Waals surface area contributed by atoms with E-state index in [1.165, 1.54) is 25.3 Å². The fraction of sp³-hybridized carbons (Fsp3) is 0.300. The van der Waals surface area contributed by atoms with Crippen LogP contribution in [0.3, 0.4) is 0 Å². The van der Waals surface area contributed by atoms with Crippen molar-refractivity contribution in [2.24, 2.45) is 0 Å². The molecule has 0 aromatic heterocycles. The Morgan fingerprint density at radius 2 is 2.19 bits per heavy atom. The first kappa shape index (κ1) is 12.1. The second kappa shape index (κ2) is 5.82. The normalized spacial score (nSPS) is 9.81. The summed E-state index contributed by atoms with van der Waals surface area (Å²) in [6.07, 6.45) is 0.523. The molecule has 0 atom stereocenters. The van der Waals surface area contributed by atoms with Crippen LogP contribution in [0.5, 0.6) is 5.75 Å². The van der Waals surface area contributed by atoms with Gasteiger partial charge in [-0.05, 0) is 6.07 Å². The molecule has 0 aliphatic rings. The Bertz CT molecular complexity index is 391. The summed E-state index contributed by atoms with van der Waals surface area (Å²) >= 11 is 0. The summed E-state index contributed by atoms with van der Waals surface area (Å²) < 4.78 is 10.0. The standard InChI is InChI=1S/C10H11NO5/c1-15-4-5-16-10-3-2-9(11(13)14)6-8(10)7-12/h2-3,6-7H,4-5H2,1H3. The first-order valence-corrected chi connectivity index (χ1v) is 4.54. The molecule has 0 aliphatic heterocycles. The molecule has 0 heterocycles. The molecule has 0 fully saturated rings. The summed E-state index contributed by atoms with van der Waals surface area (Å²) in [5.74, 6) is 0.317. The molecule has 0 unspecified atom stereocenters. The number of ether oxygens (including phenoxy) is 2. The molecular formula is C10H11NO5. The van der Waals surface area contributed by atoms with Crippen molar-refractivity contribution in [3.05, 3.63) is 33.9 Å². The number of hydrogen-bond donors (Lipinski definition) is 0. The molecule has 0 radical (unpaired) electrons. The van der Waals surface area contributed by atoms with E-state index in [0.717, 1.165) is 0 Å². The predicted molar refractivity (Wildman–Crippen MR) is 55.9 cm³/mol. The highest BCUT2D eigenvalue weighted by Gasteiger charge is 2.10. The van der Waals surface area contributed by atoms with E-state index in [-0.39, 0.29) is 17.9 Å². The zero-order valence-electron chi connectivity index (χ0n) is 8.71. The highest BCUT2D eigenvalue weighted by molar-refractivity contribution is 5.80. The maximum absolute atomic E-state index is 10.7. The van der Waals surface area contributed by atoms with Crippen molar-refractivity contribution < 1.29 is 19.2 Å². The minimum Gasteiger partial charge on any atom is -0.490 e. The van der Waals surface area contributed by atoms with Crippen LogP contribution in [0.15, 0.2) is 18.2 Å². The van der Waals surface area contributed by atoms with Gasteiger partial charge in [0.25, 0.3) is 5.69 Å². The molecule has 16 heavy (non-hydrogen) atoms. The molecule has 0 bridgehead atoms. The molecule has 1 aromatic rings. The lowest BCUT2D eigenvalue weighted by Gasteiger charge is -2.07. The lowest BCUT2D eigenvalue weighted by atomic mass is 10.2. The Kier molecular flexibility index (Phi) is 4.41. The number of carbonyl (C=O) groups excluding carboxylic acids is 1. The summed E-state index contributed by atoms with van der Waals surface area (Å²) in [5.41, 5.74) is 0.0199. The largest absolute Gasteiger partial charge is 0.490 e. The predicted octanol–water partition coefficient (Wildman–Crippen LogP) is 1.43. The van der Waals surface area contributed by atoms with E-state index >= 15 is 0 Å². The molecule has 0 saturated heterocycles. The number of nitrogens with zero attached hydrogens (tertiary/aromatic N) is 1. The van der Waals surface area contributed by atoms with Crippen molar-refractivity contribution in [3.8, 4) is 5.75 Å². The van der Waals surface area contributed by atoms with Gasteiger partial charge in [0.2, 0.25) is 0 Å². The quantitative estimate of drug-likeness (QED) is 0.316. The van der Waals surface area contributed by atoms with Crippen LogP contribution in [0.2, 0.25) is 0 Å². The van der Waals surface area contributed by atoms with Crippen LogP contribution in [0.4, 0.5) is 5.69 Å². The first-order chi connectivity index (χ1) is 7.69. The molecule has 0 N–H and O–H groups in total. The zero-order chi connectivity index (χ0) is 12.0. The number of non-ortho nitro benzene ring substituents is 1. The Hall–Kier alpha value is -1.95. The monoisotopic (exact) mass is 225 g/mol. The number of nitro benzene ring substituents is 1. The van der Waals surface area contributed by atoms with Gasteiger partial charge < -0.3 is 9.47 Å². The van der Waals surface area contributed by atoms with Crippen LogP contribution in [-0.2, 0) is 4.74 Å². The van der Waals surface area contributed by atoms with Gasteiger partial charge in [0.15, 0.2) is 6.29 Å². The summed E-state index contributed by atoms with van der Waals surface area (Å²) in [7, 11) is 1.53. The van der Waals surface area contributed by atoms with Crippen LogP contribution in [0.1, 0.15) is 10.4 Å². The Balaban J connectivity index is 2.84. The van der Waals surface area contributed by atoms with Crippen LogP contribution < -0.4 is 4.74 Å². The third-order valence-electron chi connectivity index (χ3n) is 1.88. The van der Waals surface area contributed by atoms with Gasteiger partial charge in [-0.1, -0.05) is 0 Å². The second-order valence-electron chi connectivity index (χ2n) is 2.94. The van der Waals surface area contributed by atoms with Gasteiger partial charge in [-0.3, -0.25) is 14.9 Å². The van der Waals surface area contributed by atoms with E-state index in [0.29, 0.717) is 18.6 Å². The number of nitro groups is 1. The van der Waals surface area contributed by atoms with Crippen molar-refractivity contribution >= 4 is 12.0 Å². The fourth-order valence-electron chi connectivity index (χ4n) is 1.11. The van der Waals surface area contributed by atoms with E-state index in [1.54, 1.807) is 0 Å². The first-order valence-electron chi connectivity index (χ1n) is 4.54. The minimum absolute atomic E-state index is 0.138. The summed E-state index contributed by atoms with van der Waals surface area (Å²) in [6, 6.07) is 3.86. The van der Waals surface area contributed by atoms with Crippen molar-refractivity contribution in [1.29, 1.82) is 0 Å². The van der Waals surface area contributed by atoms with Crippen molar-refractivity contribution in [3.63, 3.8) is 0 Å². The molecular weight excluding hydrogens is 214 g/mol. The number of carbonyl (C=O) groups is 1. The molecule has 1 aromatic carbocycles. The van der Waals surface area contributed by atoms with Gasteiger partial charge in [-0.2, -0.15) is 0 Å². The van der Waals surface area contributed by atoms with Gasteiger partial charge in [-0.25, -0.2) is 0 Å². The van der Waals surface area contributed by atoms with Crippen molar-refractivity contribution in [1.82, 2.24) is 0 Å². The van der Waals surface area contributed by atoms with Crippen LogP contribution in [0.25, 0.3) is 0 Å². The van der Waals surface area contributed by atoms with E-state index in [9.17, 15) is 14.9 Å². The Labute approximate surface area is 91.9 Å². The smallest absolute Gasteiger partial charge is 0.270 e. The topological polar surface area (TPSA) is 78.7 Å². The van der Waals surface area contributed by atoms with Gasteiger partial charge >= 0.3 is 0 Å². The lowest BCUT2D eigenvalue weighted by Crippen LogP contribution is -2.06. The van der Waals surface area contributed by atoms with Gasteiger partial charge in [-0.15, -0.1) is 0 Å². The molecule has 86 valence electrons. The van der Waals surface area contributed by atoms with E-state index in [1.807, 2.05) is 0 Å². The average molecular weight is 225 g/mol. The number of methoxy groups -OCH3 is 1. The van der Waals surface area contributed by atoms with Crippen LogP contribution in [-0.4, -0.2) is 31.5 Å². The number of hydrogen-bond acceptors (Lipinski definition) is 5. The molecule has 0 aliphatic carbocycles. The van der Waals surface area contributed by atoms with Crippen molar-refractivity contribution in [2.75, 3.05) is 20.3 Å².